The van der Waals surface area contributed by atoms with E-state index in [4.69, 9.17) is 10.2 Å². The fourth-order valence-electron chi connectivity index (χ4n) is 1.11. The normalized spacial score (nSPS) is 10.4. The molecule has 0 aliphatic heterocycles. The monoisotopic (exact) mass is 252 g/mol. The summed E-state index contributed by atoms with van der Waals surface area (Å²) in [6.45, 7) is 0. The molecule has 18 heavy (non-hydrogen) atoms. The number of H-pyrrole nitrogens is 1. The van der Waals surface area contributed by atoms with Gasteiger partial charge < -0.3 is 20.3 Å². The molecule has 0 radical (unpaired) electrons. The first kappa shape index (κ1) is 13.2. The predicted octanol–water partition coefficient (Wildman–Crippen LogP) is -1.19. The van der Waals surface area contributed by atoms with Crippen LogP contribution in [0.5, 0.6) is 5.75 Å². The van der Waals surface area contributed by atoms with Crippen LogP contribution in [0.2, 0.25) is 0 Å². The van der Waals surface area contributed by atoms with E-state index in [-0.39, 0.29) is 0 Å². The highest BCUT2D eigenvalue weighted by Crippen LogP contribution is 2.16. The molecule has 0 saturated heterocycles. The molecule has 0 aliphatic carbocycles. The van der Waals surface area contributed by atoms with Gasteiger partial charge in [-0.1, -0.05) is 5.75 Å². The molecular formula is C10H6NO7-. The molecule has 3 N–H and O–H groups in total. The average Bonchev–Trinajstić information content (AvgIpc) is 2.26. The van der Waals surface area contributed by atoms with Gasteiger partial charge in [-0.2, -0.15) is 0 Å². The Kier molecular flexibility index (Phi) is 3.62. The lowest BCUT2D eigenvalue weighted by atomic mass is 10.1. The van der Waals surface area contributed by atoms with Crippen molar-refractivity contribution in [3.8, 4) is 5.75 Å². The maximum atomic E-state index is 11.4. The molecule has 94 valence electrons. The van der Waals surface area contributed by atoms with Crippen LogP contribution in [-0.2, 0) is 9.59 Å². The van der Waals surface area contributed by atoms with E-state index in [1.54, 1.807) is 0 Å². The van der Waals surface area contributed by atoms with Crippen molar-refractivity contribution in [2.45, 2.75) is 0 Å². The van der Waals surface area contributed by atoms with E-state index in [1.165, 1.54) is 0 Å². The van der Waals surface area contributed by atoms with Gasteiger partial charge in [0, 0.05) is 0 Å². The van der Waals surface area contributed by atoms with E-state index in [0.29, 0.717) is 12.1 Å². The standard InChI is InChI=1S/C10H7NO7/c12-5(9(15)16)2-1-4-6(13)3-7(14)11-8(4)10(17)18/h1-3H,(H,15,16)(H,17,18)(H2,11,13,14)/p-1/b2-1+. The molecule has 1 aromatic heterocycles. The first-order valence-corrected chi connectivity index (χ1v) is 4.46. The van der Waals surface area contributed by atoms with Crippen LogP contribution >= 0.6 is 0 Å². The topological polar surface area (TPSA) is 148 Å². The highest BCUT2D eigenvalue weighted by atomic mass is 16.4. The molecule has 0 spiro atoms. The SMILES string of the molecule is O=C(O)C(=O)/C=C/c1c([O-])cc(=O)[nH]c1C(=O)O. The van der Waals surface area contributed by atoms with Gasteiger partial charge in [0.2, 0.25) is 5.56 Å². The third-order valence-corrected chi connectivity index (χ3v) is 1.87. The molecule has 0 fully saturated rings. The number of carbonyl (C=O) groups is 3. The van der Waals surface area contributed by atoms with Gasteiger partial charge in [-0.25, -0.2) is 9.59 Å². The largest absolute Gasteiger partial charge is 0.872 e. The number of carboxylic acid groups (broad SMARTS) is 2. The van der Waals surface area contributed by atoms with E-state index in [9.17, 15) is 24.3 Å². The lowest BCUT2D eigenvalue weighted by Gasteiger charge is -2.11. The molecule has 0 amide bonds. The number of carboxylic acids is 2. The maximum Gasteiger partial charge on any atom is 0.376 e. The molecule has 1 aromatic rings. The molecule has 0 saturated carbocycles. The Bertz CT molecular complexity index is 611. The second kappa shape index (κ2) is 4.95. The first-order valence-electron chi connectivity index (χ1n) is 4.46. The van der Waals surface area contributed by atoms with Crippen LogP contribution in [0.3, 0.4) is 0 Å². The predicted molar refractivity (Wildman–Crippen MR) is 55.1 cm³/mol. The summed E-state index contributed by atoms with van der Waals surface area (Å²) in [7, 11) is 0. The lowest BCUT2D eigenvalue weighted by molar-refractivity contribution is -0.268. The number of pyridine rings is 1. The van der Waals surface area contributed by atoms with Gasteiger partial charge in [-0.15, -0.1) is 0 Å². The van der Waals surface area contributed by atoms with Crippen molar-refractivity contribution in [1.82, 2.24) is 4.98 Å². The van der Waals surface area contributed by atoms with Gasteiger partial charge in [-0.3, -0.25) is 9.59 Å². The van der Waals surface area contributed by atoms with Crippen molar-refractivity contribution in [1.29, 1.82) is 0 Å². The van der Waals surface area contributed by atoms with Gasteiger partial charge in [-0.05, 0) is 23.8 Å². The second-order valence-electron chi connectivity index (χ2n) is 3.09. The van der Waals surface area contributed by atoms with Crippen molar-refractivity contribution in [3.63, 3.8) is 0 Å². The van der Waals surface area contributed by atoms with Crippen LogP contribution < -0.4 is 10.7 Å². The van der Waals surface area contributed by atoms with Gasteiger partial charge in [0.15, 0.2) is 0 Å². The summed E-state index contributed by atoms with van der Waals surface area (Å²) in [4.78, 5) is 44.6. The summed E-state index contributed by atoms with van der Waals surface area (Å²) < 4.78 is 0. The fraction of sp³-hybridized carbons (Fsp3) is 0. The number of aromatic carboxylic acids is 1. The highest BCUT2D eigenvalue weighted by Gasteiger charge is 2.12. The summed E-state index contributed by atoms with van der Waals surface area (Å²) in [6, 6.07) is 0.595. The third-order valence-electron chi connectivity index (χ3n) is 1.87. The number of aromatic nitrogens is 1. The fourth-order valence-corrected chi connectivity index (χ4v) is 1.11. The minimum atomic E-state index is -1.75. The molecule has 1 heterocycles. The molecule has 8 nitrogen and oxygen atoms in total. The Balaban J connectivity index is 3.32. The summed E-state index contributed by atoms with van der Waals surface area (Å²) >= 11 is 0. The Morgan fingerprint density at radius 1 is 1.28 bits per heavy atom. The van der Waals surface area contributed by atoms with Crippen molar-refractivity contribution in [2.24, 2.45) is 0 Å². The average molecular weight is 252 g/mol. The Morgan fingerprint density at radius 2 is 1.89 bits per heavy atom. The number of aliphatic carboxylic acids is 1. The zero-order valence-electron chi connectivity index (χ0n) is 8.67. The highest BCUT2D eigenvalue weighted by molar-refractivity contribution is 6.38. The first-order chi connectivity index (χ1) is 8.32. The van der Waals surface area contributed by atoms with Gasteiger partial charge >= 0.3 is 11.9 Å². The number of ketones is 1. The zero-order valence-corrected chi connectivity index (χ0v) is 8.67. The Morgan fingerprint density at radius 3 is 2.39 bits per heavy atom. The van der Waals surface area contributed by atoms with Crippen LogP contribution in [0.1, 0.15) is 16.1 Å². The van der Waals surface area contributed by atoms with E-state index in [1.807, 2.05) is 4.98 Å². The molecular weight excluding hydrogens is 246 g/mol. The molecule has 0 bridgehead atoms. The maximum absolute atomic E-state index is 11.4. The minimum Gasteiger partial charge on any atom is -0.872 e. The lowest BCUT2D eigenvalue weighted by Crippen LogP contribution is -2.16. The van der Waals surface area contributed by atoms with Gasteiger partial charge in [0.25, 0.3) is 5.78 Å². The number of hydrogen-bond acceptors (Lipinski definition) is 5. The molecule has 0 atom stereocenters. The van der Waals surface area contributed by atoms with Crippen LogP contribution in [0.4, 0.5) is 0 Å². The number of nitrogens with one attached hydrogen (secondary N) is 1. The Hall–Kier alpha value is -2.90. The van der Waals surface area contributed by atoms with Crippen LogP contribution in [0.15, 0.2) is 16.9 Å². The molecule has 1 rings (SSSR count). The summed E-state index contributed by atoms with van der Waals surface area (Å²) in [5, 5.41) is 28.4. The van der Waals surface area contributed by atoms with E-state index < -0.39 is 40.3 Å². The smallest absolute Gasteiger partial charge is 0.376 e. The molecule has 0 unspecified atom stereocenters. The van der Waals surface area contributed by atoms with Crippen LogP contribution in [-0.4, -0.2) is 32.9 Å². The minimum absolute atomic E-state index is 0.475. The number of rotatable bonds is 4. The summed E-state index contributed by atoms with van der Waals surface area (Å²) in [6.07, 6.45) is 1.27. The summed E-state index contributed by atoms with van der Waals surface area (Å²) in [5.41, 5.74) is -2.09. The van der Waals surface area contributed by atoms with E-state index >= 15 is 0 Å². The molecule has 0 aliphatic rings. The van der Waals surface area contributed by atoms with E-state index in [0.717, 1.165) is 6.08 Å². The zero-order chi connectivity index (χ0) is 13.9. The van der Waals surface area contributed by atoms with E-state index in [2.05, 4.69) is 0 Å². The molecule has 0 aromatic carbocycles. The third kappa shape index (κ3) is 2.82. The quantitative estimate of drug-likeness (QED) is 0.450. The summed E-state index contributed by atoms with van der Waals surface area (Å²) in [5.74, 6) is -5.57. The molecule has 8 heteroatoms. The van der Waals surface area contributed by atoms with Crippen molar-refractivity contribution >= 4 is 23.8 Å². The van der Waals surface area contributed by atoms with Crippen molar-refractivity contribution in [2.75, 3.05) is 0 Å². The van der Waals surface area contributed by atoms with Crippen LogP contribution in [0.25, 0.3) is 6.08 Å². The van der Waals surface area contributed by atoms with Crippen molar-refractivity contribution in [3.05, 3.63) is 33.8 Å². The number of aromatic amines is 1. The van der Waals surface area contributed by atoms with Gasteiger partial charge in [0.1, 0.15) is 5.69 Å². The van der Waals surface area contributed by atoms with Crippen molar-refractivity contribution < 1.29 is 29.7 Å². The van der Waals surface area contributed by atoms with Gasteiger partial charge in [0.05, 0.1) is 0 Å². The Labute approximate surface area is 98.8 Å². The number of hydrogen-bond donors (Lipinski definition) is 3. The van der Waals surface area contributed by atoms with Crippen LogP contribution in [0, 0.1) is 0 Å². The number of carbonyl (C=O) groups excluding carboxylic acids is 1. The second-order valence-corrected chi connectivity index (χ2v) is 3.09.